The number of hydrogen-bond donors (Lipinski definition) is 1. The van der Waals surface area contributed by atoms with Crippen molar-refractivity contribution in [3.63, 3.8) is 0 Å². The number of carboxylic acid groups (broad SMARTS) is 1. The van der Waals surface area contributed by atoms with Gasteiger partial charge in [0.1, 0.15) is 17.6 Å². The number of halogens is 1. The van der Waals surface area contributed by atoms with Crippen LogP contribution in [-0.4, -0.2) is 68.2 Å². The Hall–Kier alpha value is -1.71. The Morgan fingerprint density at radius 1 is 1.30 bits per heavy atom. The molecule has 1 aliphatic heterocycles. The van der Waals surface area contributed by atoms with Gasteiger partial charge in [-0.2, -0.15) is 4.31 Å². The van der Waals surface area contributed by atoms with Gasteiger partial charge in [-0.15, -0.1) is 0 Å². The molecule has 1 heterocycles. The van der Waals surface area contributed by atoms with E-state index in [4.69, 9.17) is 4.74 Å². The molecule has 23 heavy (non-hydrogen) atoms. The van der Waals surface area contributed by atoms with Crippen LogP contribution in [0.1, 0.15) is 11.6 Å². The predicted molar refractivity (Wildman–Crippen MR) is 81.3 cm³/mol. The highest BCUT2D eigenvalue weighted by Crippen LogP contribution is 2.31. The zero-order valence-electron chi connectivity index (χ0n) is 12.9. The van der Waals surface area contributed by atoms with E-state index in [1.54, 1.807) is 4.90 Å². The Bertz CT molecular complexity index is 686. The van der Waals surface area contributed by atoms with Gasteiger partial charge < -0.3 is 9.84 Å². The molecule has 0 saturated carbocycles. The molecular formula is C14H19FN2O5S. The summed E-state index contributed by atoms with van der Waals surface area (Å²) in [6.07, 6.45) is 1.12. The van der Waals surface area contributed by atoms with E-state index in [0.29, 0.717) is 0 Å². The maximum atomic E-state index is 13.5. The largest absolute Gasteiger partial charge is 0.496 e. The summed E-state index contributed by atoms with van der Waals surface area (Å²) < 4.78 is 43.0. The van der Waals surface area contributed by atoms with E-state index in [0.717, 1.165) is 12.3 Å². The third-order valence-electron chi connectivity index (χ3n) is 3.83. The van der Waals surface area contributed by atoms with Crippen molar-refractivity contribution in [3.8, 4) is 5.75 Å². The number of methoxy groups -OCH3 is 1. The van der Waals surface area contributed by atoms with Crippen molar-refractivity contribution in [3.05, 3.63) is 29.6 Å². The molecule has 0 bridgehead atoms. The van der Waals surface area contributed by atoms with Crippen molar-refractivity contribution in [2.24, 2.45) is 0 Å². The van der Waals surface area contributed by atoms with E-state index >= 15 is 0 Å². The second-order valence-corrected chi connectivity index (χ2v) is 7.31. The van der Waals surface area contributed by atoms with Crippen LogP contribution in [0.4, 0.5) is 4.39 Å². The van der Waals surface area contributed by atoms with Crippen LogP contribution < -0.4 is 4.74 Å². The SMILES string of the molecule is COc1ccc(F)cc1[C@@H](C(=O)O)N1CCN(S(C)(=O)=O)CC1. The summed E-state index contributed by atoms with van der Waals surface area (Å²) in [5.41, 5.74) is 0.216. The monoisotopic (exact) mass is 346 g/mol. The molecule has 1 saturated heterocycles. The van der Waals surface area contributed by atoms with Crippen LogP contribution in [0.2, 0.25) is 0 Å². The van der Waals surface area contributed by atoms with Crippen LogP contribution in [0.25, 0.3) is 0 Å². The molecule has 0 aliphatic carbocycles. The topological polar surface area (TPSA) is 87.2 Å². The number of ether oxygens (including phenoxy) is 1. The highest BCUT2D eigenvalue weighted by Gasteiger charge is 2.34. The second kappa shape index (κ2) is 6.81. The number of benzene rings is 1. The summed E-state index contributed by atoms with van der Waals surface area (Å²) in [5, 5.41) is 9.56. The van der Waals surface area contributed by atoms with E-state index < -0.39 is 27.9 Å². The Kier molecular flexibility index (Phi) is 5.23. The first kappa shape index (κ1) is 17.6. The van der Waals surface area contributed by atoms with E-state index in [2.05, 4.69) is 0 Å². The average molecular weight is 346 g/mol. The predicted octanol–water partition coefficient (Wildman–Crippen LogP) is 0.537. The summed E-state index contributed by atoms with van der Waals surface area (Å²) >= 11 is 0. The molecule has 1 aromatic rings. The number of piperazine rings is 1. The number of carbonyl (C=O) groups is 1. The van der Waals surface area contributed by atoms with Gasteiger partial charge in [-0.1, -0.05) is 0 Å². The van der Waals surface area contributed by atoms with Crippen LogP contribution in [0, 0.1) is 5.82 Å². The maximum absolute atomic E-state index is 13.5. The van der Waals surface area contributed by atoms with Gasteiger partial charge in [0.2, 0.25) is 10.0 Å². The third-order valence-corrected chi connectivity index (χ3v) is 5.13. The molecule has 0 amide bonds. The number of aliphatic carboxylic acids is 1. The average Bonchev–Trinajstić information content (AvgIpc) is 2.47. The second-order valence-electron chi connectivity index (χ2n) is 5.33. The Morgan fingerprint density at radius 2 is 1.91 bits per heavy atom. The zero-order valence-corrected chi connectivity index (χ0v) is 13.7. The van der Waals surface area contributed by atoms with Gasteiger partial charge in [0.25, 0.3) is 0 Å². The van der Waals surface area contributed by atoms with Crippen molar-refractivity contribution >= 4 is 16.0 Å². The van der Waals surface area contributed by atoms with Gasteiger partial charge in [-0.05, 0) is 18.2 Å². The number of rotatable bonds is 5. The number of sulfonamides is 1. The van der Waals surface area contributed by atoms with Crippen LogP contribution >= 0.6 is 0 Å². The molecule has 1 aliphatic rings. The molecule has 9 heteroatoms. The minimum absolute atomic E-state index is 0.195. The van der Waals surface area contributed by atoms with E-state index in [-0.39, 0.29) is 37.5 Å². The molecule has 7 nitrogen and oxygen atoms in total. The van der Waals surface area contributed by atoms with Crippen LogP contribution in [0.15, 0.2) is 18.2 Å². The van der Waals surface area contributed by atoms with E-state index in [1.807, 2.05) is 0 Å². The van der Waals surface area contributed by atoms with Gasteiger partial charge in [0.05, 0.1) is 13.4 Å². The molecule has 0 spiro atoms. The van der Waals surface area contributed by atoms with E-state index in [9.17, 15) is 22.7 Å². The molecule has 1 atom stereocenters. The van der Waals surface area contributed by atoms with Crippen molar-refractivity contribution in [1.82, 2.24) is 9.21 Å². The van der Waals surface area contributed by atoms with Crippen LogP contribution in [0.5, 0.6) is 5.75 Å². The lowest BCUT2D eigenvalue weighted by Crippen LogP contribution is -2.50. The molecule has 2 rings (SSSR count). The Morgan fingerprint density at radius 3 is 2.39 bits per heavy atom. The molecule has 1 N–H and O–H groups in total. The fourth-order valence-corrected chi connectivity index (χ4v) is 3.52. The Balaban J connectivity index is 2.28. The molecule has 128 valence electrons. The van der Waals surface area contributed by atoms with Crippen molar-refractivity contribution < 1.29 is 27.4 Å². The molecule has 1 fully saturated rings. The molecule has 0 unspecified atom stereocenters. The minimum Gasteiger partial charge on any atom is -0.496 e. The number of carboxylic acids is 1. The lowest BCUT2D eigenvalue weighted by Gasteiger charge is -2.37. The first-order chi connectivity index (χ1) is 10.7. The third kappa shape index (κ3) is 3.98. The number of nitrogens with zero attached hydrogens (tertiary/aromatic N) is 2. The normalized spacial score (nSPS) is 18.6. The summed E-state index contributed by atoms with van der Waals surface area (Å²) in [6.45, 7) is 0.869. The summed E-state index contributed by atoms with van der Waals surface area (Å²) in [4.78, 5) is 13.3. The lowest BCUT2D eigenvalue weighted by atomic mass is 10.0. The first-order valence-corrected chi connectivity index (χ1v) is 8.84. The fraction of sp³-hybridized carbons (Fsp3) is 0.500. The van der Waals surface area contributed by atoms with Crippen molar-refractivity contribution in [1.29, 1.82) is 0 Å². The minimum atomic E-state index is -3.30. The maximum Gasteiger partial charge on any atom is 0.325 e. The van der Waals surface area contributed by atoms with Crippen molar-refractivity contribution in [2.45, 2.75) is 6.04 Å². The standard InChI is InChI=1S/C14H19FN2O5S/c1-22-12-4-3-10(15)9-11(12)13(14(18)19)16-5-7-17(8-6-16)23(2,20)21/h3-4,9,13H,5-8H2,1-2H3,(H,18,19)/t13-/m0/s1. The molecule has 0 radical (unpaired) electrons. The molecule has 0 aromatic heterocycles. The van der Waals surface area contributed by atoms with Crippen molar-refractivity contribution in [2.75, 3.05) is 39.5 Å². The zero-order chi connectivity index (χ0) is 17.2. The van der Waals surface area contributed by atoms with Gasteiger partial charge in [0, 0.05) is 31.7 Å². The lowest BCUT2D eigenvalue weighted by molar-refractivity contribution is -0.144. The van der Waals surface area contributed by atoms with Gasteiger partial charge >= 0.3 is 5.97 Å². The van der Waals surface area contributed by atoms with E-state index in [1.165, 1.54) is 23.5 Å². The van der Waals surface area contributed by atoms with Crippen LogP contribution in [-0.2, 0) is 14.8 Å². The van der Waals surface area contributed by atoms with Gasteiger partial charge in [-0.3, -0.25) is 9.69 Å². The van der Waals surface area contributed by atoms with Gasteiger partial charge in [0.15, 0.2) is 0 Å². The molecule has 1 aromatic carbocycles. The number of hydrogen-bond acceptors (Lipinski definition) is 5. The van der Waals surface area contributed by atoms with Gasteiger partial charge in [-0.25, -0.2) is 12.8 Å². The quantitative estimate of drug-likeness (QED) is 0.837. The highest BCUT2D eigenvalue weighted by molar-refractivity contribution is 7.88. The first-order valence-electron chi connectivity index (χ1n) is 6.99. The summed E-state index contributed by atoms with van der Waals surface area (Å²) in [6, 6.07) is 2.62. The fourth-order valence-electron chi connectivity index (χ4n) is 2.70. The smallest absolute Gasteiger partial charge is 0.325 e. The molecular weight excluding hydrogens is 327 g/mol. The summed E-state index contributed by atoms with van der Waals surface area (Å²) in [7, 11) is -1.92. The highest BCUT2D eigenvalue weighted by atomic mass is 32.2. The summed E-state index contributed by atoms with van der Waals surface area (Å²) in [5.74, 6) is -1.41. The van der Waals surface area contributed by atoms with Crippen LogP contribution in [0.3, 0.4) is 0 Å². The Labute approximate surface area is 134 Å².